The molecule has 1 aromatic carbocycles. The first kappa shape index (κ1) is 20.7. The minimum Gasteiger partial charge on any atom is -0.504 e. The van der Waals surface area contributed by atoms with Crippen molar-refractivity contribution in [2.45, 2.75) is 76.9 Å². The topological polar surface area (TPSA) is 87.0 Å². The molecule has 5 nitrogen and oxygen atoms in total. The standard InChI is InChI=1S/C21H29IO5/c1-11(2)12-8-13-15(17(25)16(12)24)21(7-5-6-20(3,4)10-21)19(26)27-18(13)14(23)9-22/h8,11,14,18,23-25H,5-7,9-10H2,1-4H3/t14-,18-,21-/m1/s1. The maximum atomic E-state index is 13.2. The van der Waals surface area contributed by atoms with Crippen molar-refractivity contribution in [3.05, 3.63) is 22.8 Å². The minimum atomic E-state index is -0.977. The van der Waals surface area contributed by atoms with Gasteiger partial charge in [0.25, 0.3) is 0 Å². The molecule has 27 heavy (non-hydrogen) atoms. The molecule has 0 radical (unpaired) electrons. The fourth-order valence-corrected chi connectivity index (χ4v) is 5.34. The van der Waals surface area contributed by atoms with E-state index < -0.39 is 23.6 Å². The maximum absolute atomic E-state index is 13.2. The molecule has 1 spiro atoms. The number of aromatic hydroxyl groups is 2. The van der Waals surface area contributed by atoms with Gasteiger partial charge in [0.15, 0.2) is 17.6 Å². The average molecular weight is 488 g/mol. The van der Waals surface area contributed by atoms with Crippen LogP contribution in [0.4, 0.5) is 0 Å². The summed E-state index contributed by atoms with van der Waals surface area (Å²) in [7, 11) is 0. The van der Waals surface area contributed by atoms with Gasteiger partial charge in [0, 0.05) is 21.1 Å². The molecule has 0 amide bonds. The molecule has 1 aliphatic carbocycles. The van der Waals surface area contributed by atoms with Crippen LogP contribution in [0.2, 0.25) is 0 Å². The highest BCUT2D eigenvalue weighted by molar-refractivity contribution is 14.1. The zero-order valence-corrected chi connectivity index (χ0v) is 18.5. The maximum Gasteiger partial charge on any atom is 0.317 e. The number of aliphatic hydroxyl groups is 1. The lowest BCUT2D eigenvalue weighted by Gasteiger charge is -2.48. The second-order valence-corrected chi connectivity index (χ2v) is 9.99. The third-order valence-corrected chi connectivity index (χ3v) is 7.01. The predicted molar refractivity (Wildman–Crippen MR) is 112 cm³/mol. The lowest BCUT2D eigenvalue weighted by Crippen LogP contribution is -2.49. The van der Waals surface area contributed by atoms with Crippen molar-refractivity contribution < 1.29 is 24.9 Å². The molecule has 0 saturated heterocycles. The Kier molecular flexibility index (Phi) is 5.45. The first-order valence-electron chi connectivity index (χ1n) is 9.58. The zero-order valence-electron chi connectivity index (χ0n) is 16.4. The summed E-state index contributed by atoms with van der Waals surface area (Å²) in [6.45, 7) is 8.09. The molecule has 0 aromatic heterocycles. The van der Waals surface area contributed by atoms with E-state index in [0.29, 0.717) is 34.0 Å². The molecule has 0 bridgehead atoms. The van der Waals surface area contributed by atoms with Crippen LogP contribution in [0.5, 0.6) is 11.5 Å². The number of carbonyl (C=O) groups is 1. The summed E-state index contributed by atoms with van der Waals surface area (Å²) in [6.07, 6.45) is 1.26. The quantitative estimate of drug-likeness (QED) is 0.253. The Morgan fingerprint density at radius 3 is 2.48 bits per heavy atom. The molecule has 1 aliphatic heterocycles. The van der Waals surface area contributed by atoms with Crippen LogP contribution >= 0.6 is 22.6 Å². The van der Waals surface area contributed by atoms with Crippen LogP contribution in [0.15, 0.2) is 6.07 Å². The van der Waals surface area contributed by atoms with Gasteiger partial charge in [-0.15, -0.1) is 0 Å². The first-order valence-corrected chi connectivity index (χ1v) is 11.1. The molecule has 1 aromatic rings. The van der Waals surface area contributed by atoms with Crippen molar-refractivity contribution in [3.8, 4) is 11.5 Å². The molecule has 2 aliphatic rings. The largest absolute Gasteiger partial charge is 0.504 e. The molecule has 150 valence electrons. The van der Waals surface area contributed by atoms with Gasteiger partial charge in [-0.2, -0.15) is 0 Å². The van der Waals surface area contributed by atoms with Crippen LogP contribution in [0.25, 0.3) is 0 Å². The fraction of sp³-hybridized carbons (Fsp3) is 0.667. The molecule has 3 rings (SSSR count). The van der Waals surface area contributed by atoms with E-state index in [-0.39, 0.29) is 22.8 Å². The van der Waals surface area contributed by atoms with E-state index in [0.717, 1.165) is 12.8 Å². The lowest BCUT2D eigenvalue weighted by molar-refractivity contribution is -0.169. The summed E-state index contributed by atoms with van der Waals surface area (Å²) in [4.78, 5) is 13.2. The molecule has 1 saturated carbocycles. The molecule has 3 N–H and O–H groups in total. The number of carbonyl (C=O) groups excluding carboxylic acids is 1. The Morgan fingerprint density at radius 1 is 1.26 bits per heavy atom. The predicted octanol–water partition coefficient (Wildman–Crippen LogP) is 4.45. The number of halogens is 1. The summed E-state index contributed by atoms with van der Waals surface area (Å²) < 4.78 is 6.19. The second-order valence-electron chi connectivity index (χ2n) is 9.11. The Balaban J connectivity index is 2.30. The van der Waals surface area contributed by atoms with Gasteiger partial charge in [-0.1, -0.05) is 56.7 Å². The number of hydrogen-bond acceptors (Lipinski definition) is 5. The normalized spacial score (nSPS) is 28.1. The third-order valence-electron chi connectivity index (χ3n) is 6.11. The van der Waals surface area contributed by atoms with Gasteiger partial charge in [0.2, 0.25) is 0 Å². The van der Waals surface area contributed by atoms with Crippen molar-refractivity contribution in [2.75, 3.05) is 4.43 Å². The molecule has 1 fully saturated rings. The van der Waals surface area contributed by atoms with Crippen LogP contribution in [0.3, 0.4) is 0 Å². The number of phenolic OH excluding ortho intramolecular Hbond substituents is 2. The number of rotatable bonds is 3. The van der Waals surface area contributed by atoms with Gasteiger partial charge >= 0.3 is 5.97 Å². The molecule has 1 heterocycles. The average Bonchev–Trinajstić information content (AvgIpc) is 2.58. The van der Waals surface area contributed by atoms with Crippen molar-refractivity contribution in [3.63, 3.8) is 0 Å². The Morgan fingerprint density at radius 2 is 1.93 bits per heavy atom. The first-order chi connectivity index (χ1) is 12.5. The number of hydrogen-bond donors (Lipinski definition) is 3. The highest BCUT2D eigenvalue weighted by atomic mass is 127. The van der Waals surface area contributed by atoms with E-state index in [2.05, 4.69) is 36.4 Å². The number of cyclic esters (lactones) is 1. The smallest absolute Gasteiger partial charge is 0.317 e. The van der Waals surface area contributed by atoms with Crippen LogP contribution in [0.1, 0.15) is 82.1 Å². The molecule has 6 heteroatoms. The third kappa shape index (κ3) is 3.33. The van der Waals surface area contributed by atoms with Gasteiger partial charge in [0.1, 0.15) is 6.10 Å². The van der Waals surface area contributed by atoms with Crippen LogP contribution in [-0.2, 0) is 14.9 Å². The van der Waals surface area contributed by atoms with Crippen LogP contribution in [0, 0.1) is 5.41 Å². The van der Waals surface area contributed by atoms with Crippen molar-refractivity contribution in [1.82, 2.24) is 0 Å². The monoisotopic (exact) mass is 488 g/mol. The Labute approximate surface area is 174 Å². The summed E-state index contributed by atoms with van der Waals surface area (Å²) in [5, 5.41) is 32.2. The number of aliphatic hydroxyl groups excluding tert-OH is 1. The van der Waals surface area contributed by atoms with E-state index in [1.165, 1.54) is 0 Å². The van der Waals surface area contributed by atoms with E-state index >= 15 is 0 Å². The highest BCUT2D eigenvalue weighted by Crippen LogP contribution is 2.58. The number of benzene rings is 1. The van der Waals surface area contributed by atoms with Gasteiger partial charge < -0.3 is 20.1 Å². The van der Waals surface area contributed by atoms with Gasteiger partial charge in [-0.25, -0.2) is 0 Å². The van der Waals surface area contributed by atoms with Crippen molar-refractivity contribution in [2.24, 2.45) is 5.41 Å². The van der Waals surface area contributed by atoms with Crippen molar-refractivity contribution >= 4 is 28.6 Å². The minimum absolute atomic E-state index is 0.0185. The Bertz CT molecular complexity index is 757. The second kappa shape index (κ2) is 7.10. The highest BCUT2D eigenvalue weighted by Gasteiger charge is 2.55. The summed E-state index contributed by atoms with van der Waals surface area (Å²) >= 11 is 2.06. The molecule has 3 atom stereocenters. The number of esters is 1. The van der Waals surface area contributed by atoms with E-state index in [1.54, 1.807) is 0 Å². The van der Waals surface area contributed by atoms with Gasteiger partial charge in [-0.3, -0.25) is 4.79 Å². The summed E-state index contributed by atoms with van der Waals surface area (Å²) in [5.74, 6) is -0.807. The van der Waals surface area contributed by atoms with Crippen LogP contribution in [-0.4, -0.2) is 31.8 Å². The molecule has 0 unspecified atom stereocenters. The molecular weight excluding hydrogens is 459 g/mol. The van der Waals surface area contributed by atoms with Gasteiger partial charge in [0.05, 0.1) is 5.41 Å². The van der Waals surface area contributed by atoms with E-state index in [1.807, 2.05) is 19.9 Å². The fourth-order valence-electron chi connectivity index (χ4n) is 4.88. The number of ether oxygens (including phenoxy) is 1. The number of fused-ring (bicyclic) bond motifs is 2. The lowest BCUT2D eigenvalue weighted by atomic mass is 9.58. The summed E-state index contributed by atoms with van der Waals surface area (Å²) in [6, 6.07) is 1.81. The van der Waals surface area contributed by atoms with E-state index in [9.17, 15) is 20.1 Å². The SMILES string of the molecule is CC(C)c1cc2c(c(O)c1O)[C@]1(CCCC(C)(C)C1)C(=O)O[C@H]2[C@H](O)CI. The Hall–Kier alpha value is -1.02. The summed E-state index contributed by atoms with van der Waals surface area (Å²) in [5.41, 5.74) is 0.635. The number of phenols is 2. The number of alkyl halides is 1. The van der Waals surface area contributed by atoms with Gasteiger partial charge in [-0.05, 0) is 36.7 Å². The van der Waals surface area contributed by atoms with Crippen molar-refractivity contribution in [1.29, 1.82) is 0 Å². The van der Waals surface area contributed by atoms with E-state index in [4.69, 9.17) is 4.74 Å². The molecular formula is C21H29IO5. The zero-order chi connectivity index (χ0) is 20.1. The van der Waals surface area contributed by atoms with Crippen LogP contribution < -0.4 is 0 Å².